The van der Waals surface area contributed by atoms with Gasteiger partial charge in [0.25, 0.3) is 5.91 Å². The van der Waals surface area contributed by atoms with Gasteiger partial charge in [0.15, 0.2) is 5.76 Å². The monoisotopic (exact) mass is 506 g/mol. The molecule has 2 aromatic heterocycles. The maximum atomic E-state index is 13.0. The normalized spacial score (nSPS) is 13.4. The third kappa shape index (κ3) is 5.05. The molecule has 0 atom stereocenters. The Morgan fingerprint density at radius 1 is 0.895 bits per heavy atom. The Kier molecular flexibility index (Phi) is 6.41. The van der Waals surface area contributed by atoms with Crippen LogP contribution in [0.1, 0.15) is 16.2 Å². The predicted molar refractivity (Wildman–Crippen MR) is 147 cm³/mol. The van der Waals surface area contributed by atoms with E-state index in [4.69, 9.17) is 9.26 Å². The molecule has 3 aromatic carbocycles. The predicted octanol–water partition coefficient (Wildman–Crippen LogP) is 5.43. The number of nitrogens with zero attached hydrogens (tertiary/aromatic N) is 4. The summed E-state index contributed by atoms with van der Waals surface area (Å²) in [4.78, 5) is 24.3. The van der Waals surface area contributed by atoms with Crippen LogP contribution in [0.15, 0.2) is 83.4 Å². The summed E-state index contributed by atoms with van der Waals surface area (Å²) >= 11 is 0. The Labute approximate surface area is 219 Å². The van der Waals surface area contributed by atoms with Crippen molar-refractivity contribution in [2.75, 3.05) is 41.8 Å². The Morgan fingerprint density at radius 2 is 1.66 bits per heavy atom. The summed E-state index contributed by atoms with van der Waals surface area (Å²) < 4.78 is 11.0. The van der Waals surface area contributed by atoms with Crippen LogP contribution in [-0.2, 0) is 4.74 Å². The second-order valence-electron chi connectivity index (χ2n) is 9.02. The summed E-state index contributed by atoms with van der Waals surface area (Å²) in [7, 11) is 0. The lowest BCUT2D eigenvalue weighted by Gasteiger charge is -2.28. The first-order valence-corrected chi connectivity index (χ1v) is 12.4. The van der Waals surface area contributed by atoms with Crippen LogP contribution in [0.25, 0.3) is 22.2 Å². The molecule has 6 rings (SSSR count). The number of nitrogens with one attached hydrogen (secondary N) is 2. The summed E-state index contributed by atoms with van der Waals surface area (Å²) in [6.07, 6.45) is 0. The van der Waals surface area contributed by atoms with E-state index in [0.717, 1.165) is 35.5 Å². The molecule has 5 aromatic rings. The first-order chi connectivity index (χ1) is 18.6. The smallest absolute Gasteiger partial charge is 0.255 e. The molecule has 38 heavy (non-hydrogen) atoms. The van der Waals surface area contributed by atoms with Crippen LogP contribution in [0.5, 0.6) is 0 Å². The van der Waals surface area contributed by atoms with E-state index in [0.29, 0.717) is 47.4 Å². The molecular weight excluding hydrogens is 480 g/mol. The van der Waals surface area contributed by atoms with Gasteiger partial charge in [-0.3, -0.25) is 4.79 Å². The van der Waals surface area contributed by atoms with Gasteiger partial charge in [-0.1, -0.05) is 35.5 Å². The average Bonchev–Trinajstić information content (AvgIpc) is 3.38. The fraction of sp³-hybridized carbons (Fsp3) is 0.172. The largest absolute Gasteiger partial charge is 0.378 e. The van der Waals surface area contributed by atoms with Crippen LogP contribution < -0.4 is 15.5 Å². The van der Waals surface area contributed by atoms with Crippen LogP contribution in [-0.4, -0.2) is 47.3 Å². The molecule has 1 fully saturated rings. The van der Waals surface area contributed by atoms with E-state index in [1.54, 1.807) is 12.1 Å². The van der Waals surface area contributed by atoms with Gasteiger partial charge in [0.05, 0.1) is 18.6 Å². The number of carbonyl (C=O) groups excluding carboxylic acids is 1. The van der Waals surface area contributed by atoms with Crippen molar-refractivity contribution in [3.05, 3.63) is 90.3 Å². The van der Waals surface area contributed by atoms with Crippen molar-refractivity contribution in [1.82, 2.24) is 15.1 Å². The summed E-state index contributed by atoms with van der Waals surface area (Å²) in [5, 5.41) is 11.2. The number of anilines is 4. The molecule has 1 aliphatic rings. The zero-order valence-corrected chi connectivity index (χ0v) is 20.8. The highest BCUT2D eigenvalue weighted by Gasteiger charge is 2.16. The Balaban J connectivity index is 1.15. The van der Waals surface area contributed by atoms with E-state index in [9.17, 15) is 4.79 Å². The standard InChI is InChI=1S/C29H26N6O3/c1-19-30-26(18-27(31-19)35-13-15-37-16-14-35)32-22-8-10-23(11-9-22)33-29(36)21-7-12-25-24(17-21)28(38-34-25)20-5-3-2-4-6-20/h2-12,17-18H,13-16H2,1H3,(H,33,36)(H,30,31,32). The molecule has 9 heteroatoms. The molecule has 0 saturated carbocycles. The van der Waals surface area contributed by atoms with Crippen molar-refractivity contribution in [3.63, 3.8) is 0 Å². The quantitative estimate of drug-likeness (QED) is 0.314. The number of hydrogen-bond donors (Lipinski definition) is 2. The van der Waals surface area contributed by atoms with Gasteiger partial charge in [0, 0.05) is 41.7 Å². The van der Waals surface area contributed by atoms with Crippen LogP contribution in [0.4, 0.5) is 23.0 Å². The fourth-order valence-electron chi connectivity index (χ4n) is 4.44. The molecule has 9 nitrogen and oxygen atoms in total. The minimum Gasteiger partial charge on any atom is -0.378 e. The van der Waals surface area contributed by atoms with Crippen molar-refractivity contribution in [1.29, 1.82) is 0 Å². The molecule has 1 amide bonds. The fourth-order valence-corrected chi connectivity index (χ4v) is 4.44. The summed E-state index contributed by atoms with van der Waals surface area (Å²) in [6.45, 7) is 4.89. The Morgan fingerprint density at radius 3 is 2.45 bits per heavy atom. The number of aromatic nitrogens is 3. The van der Waals surface area contributed by atoms with Crippen LogP contribution in [0, 0.1) is 6.92 Å². The number of rotatable bonds is 6. The van der Waals surface area contributed by atoms with Gasteiger partial charge in [-0.2, -0.15) is 0 Å². The molecule has 190 valence electrons. The lowest BCUT2D eigenvalue weighted by Crippen LogP contribution is -2.36. The number of ether oxygens (including phenoxy) is 1. The summed E-state index contributed by atoms with van der Waals surface area (Å²) in [5.74, 6) is 2.72. The Bertz CT molecular complexity index is 1580. The number of morpholine rings is 1. The van der Waals surface area contributed by atoms with E-state index in [1.165, 1.54) is 0 Å². The lowest BCUT2D eigenvalue weighted by atomic mass is 10.1. The molecule has 0 aliphatic carbocycles. The maximum absolute atomic E-state index is 13.0. The molecular formula is C29H26N6O3. The first kappa shape index (κ1) is 23.6. The van der Waals surface area contributed by atoms with E-state index >= 15 is 0 Å². The van der Waals surface area contributed by atoms with E-state index < -0.39 is 0 Å². The van der Waals surface area contributed by atoms with E-state index in [-0.39, 0.29) is 5.91 Å². The molecule has 3 heterocycles. The van der Waals surface area contributed by atoms with Gasteiger partial charge < -0.3 is 24.8 Å². The van der Waals surface area contributed by atoms with Crippen molar-refractivity contribution in [2.24, 2.45) is 0 Å². The van der Waals surface area contributed by atoms with Crippen molar-refractivity contribution in [3.8, 4) is 11.3 Å². The summed E-state index contributed by atoms with van der Waals surface area (Å²) in [6, 6.07) is 24.5. The lowest BCUT2D eigenvalue weighted by molar-refractivity contribution is 0.102. The van der Waals surface area contributed by atoms with Gasteiger partial charge in [-0.05, 0) is 49.4 Å². The van der Waals surface area contributed by atoms with Crippen LogP contribution >= 0.6 is 0 Å². The number of hydrogen-bond acceptors (Lipinski definition) is 8. The van der Waals surface area contributed by atoms with Gasteiger partial charge in [-0.15, -0.1) is 0 Å². The second kappa shape index (κ2) is 10.3. The molecule has 0 spiro atoms. The molecule has 0 unspecified atom stereocenters. The highest BCUT2D eigenvalue weighted by atomic mass is 16.5. The molecule has 0 bridgehead atoms. The number of fused-ring (bicyclic) bond motifs is 1. The van der Waals surface area contributed by atoms with Crippen LogP contribution in [0.3, 0.4) is 0 Å². The minimum absolute atomic E-state index is 0.214. The SMILES string of the molecule is Cc1nc(Nc2ccc(NC(=O)c3ccc4noc(-c5ccccc5)c4c3)cc2)cc(N2CCOCC2)n1. The third-order valence-electron chi connectivity index (χ3n) is 6.35. The number of amides is 1. The zero-order valence-electron chi connectivity index (χ0n) is 20.8. The Hall–Kier alpha value is -4.76. The van der Waals surface area contributed by atoms with E-state index in [1.807, 2.05) is 73.7 Å². The van der Waals surface area contributed by atoms with Gasteiger partial charge >= 0.3 is 0 Å². The van der Waals surface area contributed by atoms with Gasteiger partial charge in [0.2, 0.25) is 0 Å². The van der Waals surface area contributed by atoms with Crippen LogP contribution in [0.2, 0.25) is 0 Å². The van der Waals surface area contributed by atoms with Gasteiger partial charge in [0.1, 0.15) is 23.0 Å². The zero-order chi connectivity index (χ0) is 25.9. The maximum Gasteiger partial charge on any atom is 0.255 e. The highest BCUT2D eigenvalue weighted by molar-refractivity contribution is 6.07. The third-order valence-corrected chi connectivity index (χ3v) is 6.35. The van der Waals surface area contributed by atoms with Gasteiger partial charge in [-0.25, -0.2) is 9.97 Å². The molecule has 1 saturated heterocycles. The topological polar surface area (TPSA) is 105 Å². The van der Waals surface area contributed by atoms with Crippen molar-refractivity contribution >= 4 is 39.8 Å². The molecule has 1 aliphatic heterocycles. The second-order valence-corrected chi connectivity index (χ2v) is 9.02. The molecule has 0 radical (unpaired) electrons. The van der Waals surface area contributed by atoms with Crippen molar-refractivity contribution < 1.29 is 14.1 Å². The molecule has 2 N–H and O–H groups in total. The average molecular weight is 507 g/mol. The minimum atomic E-state index is -0.214. The number of aryl methyl sites for hydroxylation is 1. The first-order valence-electron chi connectivity index (χ1n) is 12.4. The highest BCUT2D eigenvalue weighted by Crippen LogP contribution is 2.29. The summed E-state index contributed by atoms with van der Waals surface area (Å²) in [5.41, 5.74) is 3.67. The number of benzene rings is 3. The number of carbonyl (C=O) groups is 1. The van der Waals surface area contributed by atoms with Crippen molar-refractivity contribution in [2.45, 2.75) is 6.92 Å². The van der Waals surface area contributed by atoms with E-state index in [2.05, 4.69) is 30.7 Å².